The fourth-order valence-corrected chi connectivity index (χ4v) is 2.29. The van der Waals surface area contributed by atoms with Crippen molar-refractivity contribution in [2.24, 2.45) is 17.3 Å². The predicted molar refractivity (Wildman–Crippen MR) is 56.7 cm³/mol. The fourth-order valence-electron chi connectivity index (χ4n) is 2.29. The van der Waals surface area contributed by atoms with Crippen LogP contribution in [-0.2, 0) is 0 Å². The molecular weight excluding hydrogens is 160 g/mol. The van der Waals surface area contributed by atoms with Crippen molar-refractivity contribution in [2.45, 2.75) is 46.5 Å². The molecule has 0 aromatic heterocycles. The quantitative estimate of drug-likeness (QED) is 0.609. The molecule has 0 atom stereocenters. The maximum Gasteiger partial charge on any atom is 0.0881 e. The van der Waals surface area contributed by atoms with E-state index in [1.807, 2.05) is 0 Å². The average Bonchev–Trinajstić information content (AvgIpc) is 2.03. The van der Waals surface area contributed by atoms with Gasteiger partial charge in [0.2, 0.25) is 0 Å². The summed E-state index contributed by atoms with van der Waals surface area (Å²) in [6, 6.07) is 0. The van der Waals surface area contributed by atoms with E-state index in [-0.39, 0.29) is 0 Å². The van der Waals surface area contributed by atoms with Gasteiger partial charge < -0.3 is 5.11 Å². The van der Waals surface area contributed by atoms with Crippen molar-refractivity contribution in [3.05, 3.63) is 12.3 Å². The highest BCUT2D eigenvalue weighted by Gasteiger charge is 2.30. The largest absolute Gasteiger partial charge is 0.513 e. The number of allylic oxidation sites excluding steroid dienone is 1. The molecule has 0 aliphatic heterocycles. The number of hydrogen-bond donors (Lipinski definition) is 1. The molecule has 76 valence electrons. The van der Waals surface area contributed by atoms with Crippen LogP contribution >= 0.6 is 0 Å². The van der Waals surface area contributed by atoms with Crippen molar-refractivity contribution in [3.63, 3.8) is 0 Å². The molecular formula is C12H22O. The van der Waals surface area contributed by atoms with Crippen molar-refractivity contribution in [2.75, 3.05) is 0 Å². The summed E-state index contributed by atoms with van der Waals surface area (Å²) in [6.45, 7) is 10.6. The number of rotatable bonds is 1. The molecule has 0 bridgehead atoms. The van der Waals surface area contributed by atoms with Gasteiger partial charge in [0, 0.05) is 5.92 Å². The van der Waals surface area contributed by atoms with E-state index in [1.165, 1.54) is 12.8 Å². The van der Waals surface area contributed by atoms with Gasteiger partial charge in [0.05, 0.1) is 5.76 Å². The molecule has 1 nitrogen and oxygen atoms in total. The Bertz CT molecular complexity index is 180. The van der Waals surface area contributed by atoms with E-state index in [0.717, 1.165) is 18.8 Å². The van der Waals surface area contributed by atoms with Crippen LogP contribution in [0.15, 0.2) is 12.3 Å². The van der Waals surface area contributed by atoms with Crippen LogP contribution in [0.1, 0.15) is 46.5 Å². The zero-order valence-electron chi connectivity index (χ0n) is 9.14. The Morgan fingerprint density at radius 1 is 1.15 bits per heavy atom. The maximum absolute atomic E-state index is 9.27. The smallest absolute Gasteiger partial charge is 0.0881 e. The highest BCUT2D eigenvalue weighted by molar-refractivity contribution is 4.93. The lowest BCUT2D eigenvalue weighted by atomic mass is 9.69. The molecule has 1 aliphatic rings. The third-order valence-electron chi connectivity index (χ3n) is 3.42. The molecule has 0 heterocycles. The Kier molecular flexibility index (Phi) is 3.05. The molecule has 0 aromatic carbocycles. The molecule has 1 saturated carbocycles. The third kappa shape index (κ3) is 2.75. The monoisotopic (exact) mass is 182 g/mol. The van der Waals surface area contributed by atoms with Crippen LogP contribution in [0.3, 0.4) is 0 Å². The standard InChI is InChI=1S/C12H22O/c1-9(13)10-5-7-11(8-6-10)12(2,3)4/h10-11,13H,1,5-8H2,2-4H3. The van der Waals surface area contributed by atoms with Gasteiger partial charge in [-0.15, -0.1) is 0 Å². The van der Waals surface area contributed by atoms with E-state index >= 15 is 0 Å². The second kappa shape index (κ2) is 3.73. The number of aliphatic hydroxyl groups is 1. The minimum atomic E-state index is 0.374. The number of aliphatic hydroxyl groups excluding tert-OH is 1. The Balaban J connectivity index is 2.44. The third-order valence-corrected chi connectivity index (χ3v) is 3.42. The summed E-state index contributed by atoms with van der Waals surface area (Å²) >= 11 is 0. The molecule has 1 heteroatoms. The van der Waals surface area contributed by atoms with Gasteiger partial charge in [-0.25, -0.2) is 0 Å². The Morgan fingerprint density at radius 3 is 1.92 bits per heavy atom. The van der Waals surface area contributed by atoms with E-state index in [2.05, 4.69) is 27.4 Å². The summed E-state index contributed by atoms with van der Waals surface area (Å²) in [7, 11) is 0. The minimum Gasteiger partial charge on any atom is -0.513 e. The van der Waals surface area contributed by atoms with Crippen LogP contribution in [0, 0.1) is 17.3 Å². The number of hydrogen-bond acceptors (Lipinski definition) is 1. The average molecular weight is 182 g/mol. The van der Waals surface area contributed by atoms with Gasteiger partial charge in [0.1, 0.15) is 0 Å². The summed E-state index contributed by atoms with van der Waals surface area (Å²) in [4.78, 5) is 0. The molecule has 1 aliphatic carbocycles. The first kappa shape index (κ1) is 10.6. The van der Waals surface area contributed by atoms with Crippen LogP contribution in [0.2, 0.25) is 0 Å². The van der Waals surface area contributed by atoms with E-state index in [1.54, 1.807) is 0 Å². The van der Waals surface area contributed by atoms with Gasteiger partial charge in [-0.3, -0.25) is 0 Å². The lowest BCUT2D eigenvalue weighted by Gasteiger charge is -2.36. The Morgan fingerprint density at radius 2 is 1.62 bits per heavy atom. The molecule has 0 amide bonds. The first-order chi connectivity index (χ1) is 5.91. The van der Waals surface area contributed by atoms with Gasteiger partial charge in [-0.2, -0.15) is 0 Å². The summed E-state index contributed by atoms with van der Waals surface area (Å²) in [5.41, 5.74) is 0.432. The van der Waals surface area contributed by atoms with Gasteiger partial charge >= 0.3 is 0 Å². The van der Waals surface area contributed by atoms with Gasteiger partial charge in [0.15, 0.2) is 0 Å². The van der Waals surface area contributed by atoms with Crippen LogP contribution in [0.25, 0.3) is 0 Å². The first-order valence-electron chi connectivity index (χ1n) is 5.29. The SMILES string of the molecule is C=C(O)C1CCC(C(C)(C)C)CC1. The normalized spacial score (nSPS) is 30.1. The molecule has 1 N–H and O–H groups in total. The molecule has 1 fully saturated rings. The first-order valence-corrected chi connectivity index (χ1v) is 5.29. The van der Waals surface area contributed by atoms with E-state index in [0.29, 0.717) is 17.1 Å². The van der Waals surface area contributed by atoms with Gasteiger partial charge in [-0.05, 0) is 37.0 Å². The summed E-state index contributed by atoms with van der Waals surface area (Å²) < 4.78 is 0. The molecule has 0 radical (unpaired) electrons. The molecule has 13 heavy (non-hydrogen) atoms. The Labute approximate surface area is 81.9 Å². The summed E-state index contributed by atoms with van der Waals surface area (Å²) in [6.07, 6.45) is 4.73. The zero-order chi connectivity index (χ0) is 10.1. The van der Waals surface area contributed by atoms with Gasteiger partial charge in [0.25, 0.3) is 0 Å². The highest BCUT2D eigenvalue weighted by atomic mass is 16.3. The van der Waals surface area contributed by atoms with Crippen molar-refractivity contribution in [3.8, 4) is 0 Å². The van der Waals surface area contributed by atoms with Crippen molar-refractivity contribution in [1.82, 2.24) is 0 Å². The molecule has 0 unspecified atom stereocenters. The van der Waals surface area contributed by atoms with E-state index < -0.39 is 0 Å². The van der Waals surface area contributed by atoms with Crippen LogP contribution in [-0.4, -0.2) is 5.11 Å². The van der Waals surface area contributed by atoms with E-state index in [9.17, 15) is 5.11 Å². The predicted octanol–water partition coefficient (Wildman–Crippen LogP) is 3.91. The topological polar surface area (TPSA) is 20.2 Å². The molecule has 1 rings (SSSR count). The lowest BCUT2D eigenvalue weighted by molar-refractivity contribution is 0.144. The second-order valence-electron chi connectivity index (χ2n) is 5.41. The summed E-state index contributed by atoms with van der Waals surface area (Å²) in [5.74, 6) is 1.59. The van der Waals surface area contributed by atoms with E-state index in [4.69, 9.17) is 0 Å². The van der Waals surface area contributed by atoms with Crippen molar-refractivity contribution in [1.29, 1.82) is 0 Å². The van der Waals surface area contributed by atoms with Crippen LogP contribution < -0.4 is 0 Å². The Hall–Kier alpha value is -0.460. The maximum atomic E-state index is 9.27. The molecule has 0 spiro atoms. The highest BCUT2D eigenvalue weighted by Crippen LogP contribution is 2.40. The van der Waals surface area contributed by atoms with Gasteiger partial charge in [-0.1, -0.05) is 27.4 Å². The zero-order valence-corrected chi connectivity index (χ0v) is 9.14. The summed E-state index contributed by atoms with van der Waals surface area (Å²) in [5, 5.41) is 9.27. The van der Waals surface area contributed by atoms with Crippen molar-refractivity contribution >= 4 is 0 Å². The minimum absolute atomic E-state index is 0.374. The van der Waals surface area contributed by atoms with Crippen LogP contribution in [0.5, 0.6) is 0 Å². The molecule has 0 saturated heterocycles. The second-order valence-corrected chi connectivity index (χ2v) is 5.41. The fraction of sp³-hybridized carbons (Fsp3) is 0.833. The van der Waals surface area contributed by atoms with Crippen molar-refractivity contribution < 1.29 is 5.11 Å². The lowest BCUT2D eigenvalue weighted by Crippen LogP contribution is -2.26. The molecule has 0 aromatic rings. The van der Waals surface area contributed by atoms with Crippen LogP contribution in [0.4, 0.5) is 0 Å².